The van der Waals surface area contributed by atoms with Crippen molar-refractivity contribution >= 4 is 23.2 Å². The van der Waals surface area contributed by atoms with Crippen LogP contribution < -0.4 is 10.6 Å². The van der Waals surface area contributed by atoms with Gasteiger partial charge in [0.1, 0.15) is 0 Å². The maximum atomic E-state index is 13.2. The summed E-state index contributed by atoms with van der Waals surface area (Å²) in [5.41, 5.74) is 3.50. The number of anilines is 3. The van der Waals surface area contributed by atoms with Crippen LogP contribution in [0.2, 0.25) is 0 Å². The fourth-order valence-corrected chi connectivity index (χ4v) is 2.60. The molecule has 0 spiro atoms. The highest BCUT2D eigenvalue weighted by atomic mass is 19.2. The van der Waals surface area contributed by atoms with Crippen molar-refractivity contribution in [3.63, 3.8) is 0 Å². The molecule has 0 atom stereocenters. The highest BCUT2D eigenvalue weighted by molar-refractivity contribution is 6.03. The Labute approximate surface area is 155 Å². The van der Waals surface area contributed by atoms with Crippen molar-refractivity contribution in [2.45, 2.75) is 20.3 Å². The Kier molecular flexibility index (Phi) is 5.40. The number of para-hydroxylation sites is 1. The zero-order chi connectivity index (χ0) is 19.4. The van der Waals surface area contributed by atoms with E-state index in [1.54, 1.807) is 0 Å². The summed E-state index contributed by atoms with van der Waals surface area (Å²) in [6, 6.07) is 9.14. The molecule has 0 radical (unpaired) electrons. The first kappa shape index (κ1) is 18.4. The van der Waals surface area contributed by atoms with Gasteiger partial charge >= 0.3 is 0 Å². The summed E-state index contributed by atoms with van der Waals surface area (Å²) < 4.78 is 26.2. The van der Waals surface area contributed by atoms with Gasteiger partial charge in [0.2, 0.25) is 5.95 Å². The van der Waals surface area contributed by atoms with Crippen molar-refractivity contribution in [3.8, 4) is 0 Å². The third-order valence-electron chi connectivity index (χ3n) is 4.07. The SMILES string of the molecule is CCc1cccc(C)c1Nc1ncc(C(=O)Nc2ccc(F)c(F)c2)cn1. The van der Waals surface area contributed by atoms with E-state index >= 15 is 0 Å². The molecule has 0 aliphatic heterocycles. The maximum Gasteiger partial charge on any atom is 0.258 e. The average molecular weight is 368 g/mol. The van der Waals surface area contributed by atoms with Crippen LogP contribution in [0.4, 0.5) is 26.1 Å². The van der Waals surface area contributed by atoms with E-state index < -0.39 is 17.5 Å². The number of nitrogens with one attached hydrogen (secondary N) is 2. The molecule has 1 heterocycles. The minimum Gasteiger partial charge on any atom is -0.324 e. The standard InChI is InChI=1S/C20H18F2N4O/c1-3-13-6-4-5-12(2)18(13)26-20-23-10-14(11-24-20)19(27)25-15-7-8-16(21)17(22)9-15/h4-11H,3H2,1-2H3,(H,25,27)(H,23,24,26). The molecule has 2 N–H and O–H groups in total. The Hall–Kier alpha value is -3.35. The van der Waals surface area contributed by atoms with E-state index in [9.17, 15) is 13.6 Å². The maximum absolute atomic E-state index is 13.2. The summed E-state index contributed by atoms with van der Waals surface area (Å²) in [5.74, 6) is -2.16. The number of nitrogens with zero attached hydrogens (tertiary/aromatic N) is 2. The van der Waals surface area contributed by atoms with Crippen molar-refractivity contribution in [3.05, 3.63) is 77.1 Å². The van der Waals surface area contributed by atoms with Crippen LogP contribution >= 0.6 is 0 Å². The number of carbonyl (C=O) groups is 1. The van der Waals surface area contributed by atoms with Gasteiger partial charge in [-0.25, -0.2) is 18.7 Å². The normalized spacial score (nSPS) is 10.5. The highest BCUT2D eigenvalue weighted by Crippen LogP contribution is 2.23. The Morgan fingerprint density at radius 2 is 1.81 bits per heavy atom. The second-order valence-corrected chi connectivity index (χ2v) is 5.97. The molecule has 0 saturated heterocycles. The predicted octanol–water partition coefficient (Wildman–Crippen LogP) is 4.62. The number of amides is 1. The molecule has 1 amide bonds. The van der Waals surface area contributed by atoms with Gasteiger partial charge in [0.15, 0.2) is 11.6 Å². The number of rotatable bonds is 5. The van der Waals surface area contributed by atoms with Gasteiger partial charge in [0, 0.05) is 29.8 Å². The van der Waals surface area contributed by atoms with Crippen LogP contribution in [0.5, 0.6) is 0 Å². The second kappa shape index (κ2) is 7.90. The van der Waals surface area contributed by atoms with Gasteiger partial charge in [-0.2, -0.15) is 0 Å². The first-order chi connectivity index (χ1) is 13.0. The first-order valence-electron chi connectivity index (χ1n) is 8.42. The number of benzene rings is 2. The lowest BCUT2D eigenvalue weighted by molar-refractivity contribution is 0.102. The molecule has 0 aliphatic rings. The van der Waals surface area contributed by atoms with Crippen molar-refractivity contribution in [2.24, 2.45) is 0 Å². The number of halogens is 2. The van der Waals surface area contributed by atoms with Crippen molar-refractivity contribution in [2.75, 3.05) is 10.6 Å². The molecule has 0 bridgehead atoms. The van der Waals surface area contributed by atoms with Gasteiger partial charge in [-0.3, -0.25) is 4.79 Å². The van der Waals surface area contributed by atoms with E-state index in [4.69, 9.17) is 0 Å². The van der Waals surface area contributed by atoms with Crippen LogP contribution in [0.1, 0.15) is 28.4 Å². The summed E-state index contributed by atoms with van der Waals surface area (Å²) >= 11 is 0. The molecule has 0 fully saturated rings. The third-order valence-corrected chi connectivity index (χ3v) is 4.07. The van der Waals surface area contributed by atoms with Gasteiger partial charge in [-0.05, 0) is 36.6 Å². The lowest BCUT2D eigenvalue weighted by Crippen LogP contribution is -2.13. The van der Waals surface area contributed by atoms with Crippen molar-refractivity contribution in [1.29, 1.82) is 0 Å². The van der Waals surface area contributed by atoms with Gasteiger partial charge in [-0.15, -0.1) is 0 Å². The van der Waals surface area contributed by atoms with Gasteiger partial charge in [-0.1, -0.05) is 25.1 Å². The van der Waals surface area contributed by atoms with Crippen LogP contribution in [0.3, 0.4) is 0 Å². The van der Waals surface area contributed by atoms with E-state index in [1.165, 1.54) is 18.5 Å². The predicted molar refractivity (Wildman–Crippen MR) is 100 cm³/mol. The third kappa shape index (κ3) is 4.25. The smallest absolute Gasteiger partial charge is 0.258 e. The Morgan fingerprint density at radius 1 is 1.07 bits per heavy atom. The van der Waals surface area contributed by atoms with E-state index in [2.05, 4.69) is 27.5 Å². The molecule has 0 unspecified atom stereocenters. The van der Waals surface area contributed by atoms with Crippen molar-refractivity contribution in [1.82, 2.24) is 9.97 Å². The van der Waals surface area contributed by atoms with Gasteiger partial charge in [0.05, 0.1) is 5.56 Å². The topological polar surface area (TPSA) is 66.9 Å². The summed E-state index contributed by atoms with van der Waals surface area (Å²) in [6.07, 6.45) is 3.60. The van der Waals surface area contributed by atoms with E-state index in [0.29, 0.717) is 5.95 Å². The molecule has 1 aromatic heterocycles. The number of hydrogen-bond donors (Lipinski definition) is 2. The van der Waals surface area contributed by atoms with Crippen LogP contribution in [-0.2, 0) is 6.42 Å². The van der Waals surface area contributed by atoms with E-state index in [1.807, 2.05) is 25.1 Å². The average Bonchev–Trinajstić information content (AvgIpc) is 2.67. The van der Waals surface area contributed by atoms with E-state index in [0.717, 1.165) is 35.4 Å². The van der Waals surface area contributed by atoms with Crippen LogP contribution in [0.25, 0.3) is 0 Å². The van der Waals surface area contributed by atoms with Crippen LogP contribution in [-0.4, -0.2) is 15.9 Å². The lowest BCUT2D eigenvalue weighted by atomic mass is 10.1. The number of aromatic nitrogens is 2. The second-order valence-electron chi connectivity index (χ2n) is 5.97. The largest absolute Gasteiger partial charge is 0.324 e. The van der Waals surface area contributed by atoms with Crippen molar-refractivity contribution < 1.29 is 13.6 Å². The quantitative estimate of drug-likeness (QED) is 0.689. The molecular weight excluding hydrogens is 350 g/mol. The number of carbonyl (C=O) groups excluding carboxylic acids is 1. The molecule has 2 aromatic carbocycles. The molecule has 3 aromatic rings. The minimum absolute atomic E-state index is 0.147. The zero-order valence-corrected chi connectivity index (χ0v) is 14.9. The minimum atomic E-state index is -1.03. The molecule has 7 heteroatoms. The molecule has 138 valence electrons. The molecule has 27 heavy (non-hydrogen) atoms. The molecule has 0 aliphatic carbocycles. The van der Waals surface area contributed by atoms with E-state index in [-0.39, 0.29) is 11.3 Å². The summed E-state index contributed by atoms with van der Waals surface area (Å²) in [5, 5.41) is 5.65. The zero-order valence-electron chi connectivity index (χ0n) is 14.9. The van der Waals surface area contributed by atoms with Crippen LogP contribution in [0.15, 0.2) is 48.8 Å². The Morgan fingerprint density at radius 3 is 2.48 bits per heavy atom. The molecule has 3 rings (SSSR count). The highest BCUT2D eigenvalue weighted by Gasteiger charge is 2.11. The number of aryl methyl sites for hydroxylation is 2. The Bertz CT molecular complexity index is 974. The Balaban J connectivity index is 1.73. The summed E-state index contributed by atoms with van der Waals surface area (Å²) in [4.78, 5) is 20.5. The molecule has 0 saturated carbocycles. The van der Waals surface area contributed by atoms with Gasteiger partial charge in [0.25, 0.3) is 5.91 Å². The first-order valence-corrected chi connectivity index (χ1v) is 8.42. The summed E-state index contributed by atoms with van der Waals surface area (Å²) in [6.45, 7) is 4.05. The fraction of sp³-hybridized carbons (Fsp3) is 0.150. The lowest BCUT2D eigenvalue weighted by Gasteiger charge is -2.13. The molecular formula is C20H18F2N4O. The monoisotopic (exact) mass is 368 g/mol. The van der Waals surface area contributed by atoms with Gasteiger partial charge < -0.3 is 10.6 Å². The fourth-order valence-electron chi connectivity index (χ4n) is 2.60. The summed E-state index contributed by atoms with van der Waals surface area (Å²) in [7, 11) is 0. The number of hydrogen-bond acceptors (Lipinski definition) is 4. The van der Waals surface area contributed by atoms with Crippen LogP contribution in [0, 0.1) is 18.6 Å². The molecule has 5 nitrogen and oxygen atoms in total.